The topological polar surface area (TPSA) is 43.6 Å². The molecule has 0 N–H and O–H groups in total. The van der Waals surface area contributed by atoms with E-state index < -0.39 is 0 Å². The Bertz CT molecular complexity index is 3110. The lowest BCUT2D eigenvalue weighted by molar-refractivity contribution is 0.661. The van der Waals surface area contributed by atoms with E-state index in [1.165, 1.54) is 55.2 Å². The maximum atomic E-state index is 4.99. The molecule has 2 heterocycles. The smallest absolute Gasteiger partial charge is 0.164 e. The van der Waals surface area contributed by atoms with Crippen LogP contribution in [-0.2, 0) is 5.41 Å². The molecule has 0 amide bonds. The van der Waals surface area contributed by atoms with E-state index in [-0.39, 0.29) is 5.41 Å². The van der Waals surface area contributed by atoms with Crippen LogP contribution in [0.4, 0.5) is 0 Å². The van der Waals surface area contributed by atoms with Crippen molar-refractivity contribution in [3.63, 3.8) is 0 Å². The molecule has 0 unspecified atom stereocenters. The van der Waals surface area contributed by atoms with Crippen LogP contribution in [0.1, 0.15) is 25.0 Å². The highest BCUT2D eigenvalue weighted by atomic mass is 15.0. The van der Waals surface area contributed by atoms with E-state index in [9.17, 15) is 0 Å². The van der Waals surface area contributed by atoms with Crippen LogP contribution in [0.15, 0.2) is 194 Å². The number of rotatable bonds is 6. The molecule has 0 bridgehead atoms. The molecule has 10 aromatic rings. The van der Waals surface area contributed by atoms with Gasteiger partial charge in [-0.3, -0.25) is 0 Å². The molecular formula is C54H38N4. The fraction of sp³-hybridized carbons (Fsp3) is 0.0556. The molecule has 0 saturated heterocycles. The molecule has 4 nitrogen and oxygen atoms in total. The lowest BCUT2D eigenvalue weighted by Crippen LogP contribution is -2.14. The number of nitrogens with zero attached hydrogens (tertiary/aromatic N) is 4. The van der Waals surface area contributed by atoms with Gasteiger partial charge in [0.05, 0.1) is 11.0 Å². The molecule has 8 aromatic carbocycles. The minimum atomic E-state index is -0.103. The first-order valence-electron chi connectivity index (χ1n) is 19.9. The van der Waals surface area contributed by atoms with Crippen molar-refractivity contribution < 1.29 is 0 Å². The summed E-state index contributed by atoms with van der Waals surface area (Å²) in [6, 6.07) is 69.1. The van der Waals surface area contributed by atoms with E-state index in [0.29, 0.717) is 17.5 Å². The Kier molecular flexibility index (Phi) is 7.80. The van der Waals surface area contributed by atoms with Gasteiger partial charge in [0.25, 0.3) is 0 Å². The highest BCUT2D eigenvalue weighted by molar-refractivity contribution is 6.12. The van der Waals surface area contributed by atoms with Gasteiger partial charge in [-0.25, -0.2) is 15.0 Å². The van der Waals surface area contributed by atoms with Gasteiger partial charge in [-0.2, -0.15) is 0 Å². The fourth-order valence-corrected chi connectivity index (χ4v) is 8.88. The Morgan fingerprint density at radius 1 is 0.345 bits per heavy atom. The van der Waals surface area contributed by atoms with Crippen molar-refractivity contribution in [1.29, 1.82) is 0 Å². The molecule has 1 aliphatic rings. The van der Waals surface area contributed by atoms with Crippen molar-refractivity contribution in [2.24, 2.45) is 0 Å². The molecule has 0 fully saturated rings. The minimum absolute atomic E-state index is 0.103. The van der Waals surface area contributed by atoms with Crippen LogP contribution in [0.2, 0.25) is 0 Å². The van der Waals surface area contributed by atoms with Gasteiger partial charge in [0.1, 0.15) is 0 Å². The van der Waals surface area contributed by atoms with E-state index in [1.807, 2.05) is 60.7 Å². The summed E-state index contributed by atoms with van der Waals surface area (Å²) in [6.07, 6.45) is 0. The normalized spacial score (nSPS) is 12.8. The summed E-state index contributed by atoms with van der Waals surface area (Å²) in [5.41, 5.74) is 16.3. The predicted molar refractivity (Wildman–Crippen MR) is 239 cm³/mol. The molecule has 0 spiro atoms. The summed E-state index contributed by atoms with van der Waals surface area (Å²) in [5.74, 6) is 1.95. The molecule has 4 heteroatoms. The van der Waals surface area contributed by atoms with Gasteiger partial charge >= 0.3 is 0 Å². The van der Waals surface area contributed by atoms with Crippen LogP contribution in [0.5, 0.6) is 0 Å². The third kappa shape index (κ3) is 5.56. The van der Waals surface area contributed by atoms with E-state index in [4.69, 9.17) is 15.0 Å². The molecule has 58 heavy (non-hydrogen) atoms. The van der Waals surface area contributed by atoms with Crippen molar-refractivity contribution in [3.8, 4) is 73.2 Å². The van der Waals surface area contributed by atoms with E-state index in [2.05, 4.69) is 152 Å². The van der Waals surface area contributed by atoms with E-state index in [0.717, 1.165) is 33.5 Å². The van der Waals surface area contributed by atoms with Crippen LogP contribution >= 0.6 is 0 Å². The summed E-state index contributed by atoms with van der Waals surface area (Å²) in [7, 11) is 0. The number of aromatic nitrogens is 4. The van der Waals surface area contributed by atoms with Gasteiger partial charge in [0, 0.05) is 38.6 Å². The van der Waals surface area contributed by atoms with Gasteiger partial charge in [-0.05, 0) is 87.0 Å². The molecular weight excluding hydrogens is 705 g/mol. The quantitative estimate of drug-likeness (QED) is 0.170. The van der Waals surface area contributed by atoms with Crippen LogP contribution in [0.25, 0.3) is 95.0 Å². The maximum absolute atomic E-state index is 4.99. The Morgan fingerprint density at radius 3 is 1.52 bits per heavy atom. The van der Waals surface area contributed by atoms with Crippen LogP contribution in [0.3, 0.4) is 0 Å². The lowest BCUT2D eigenvalue weighted by Gasteiger charge is -2.21. The van der Waals surface area contributed by atoms with Crippen LogP contribution < -0.4 is 0 Å². The number of benzene rings is 8. The zero-order valence-electron chi connectivity index (χ0n) is 32.3. The number of hydrogen-bond donors (Lipinski definition) is 0. The Hall–Kier alpha value is -7.43. The summed E-state index contributed by atoms with van der Waals surface area (Å²) in [6.45, 7) is 4.71. The Balaban J connectivity index is 1.03. The number of fused-ring (bicyclic) bond motifs is 6. The SMILES string of the molecule is CC1(C)c2ccccc2-c2cc3c4cc(-c5ccccc5)ccc4n(-c4ccc(-c5cccc(-c6nc(-c7ccccc7)nc(-c7ccccc7)n6)c5)cc4)c3cc21. The zero-order valence-corrected chi connectivity index (χ0v) is 32.3. The average molecular weight is 743 g/mol. The second-order valence-corrected chi connectivity index (χ2v) is 15.7. The highest BCUT2D eigenvalue weighted by Gasteiger charge is 2.36. The number of hydrogen-bond acceptors (Lipinski definition) is 3. The molecule has 1 aliphatic carbocycles. The first kappa shape index (κ1) is 33.9. The maximum Gasteiger partial charge on any atom is 0.164 e. The molecule has 0 saturated carbocycles. The van der Waals surface area contributed by atoms with Gasteiger partial charge in [-0.15, -0.1) is 0 Å². The van der Waals surface area contributed by atoms with E-state index >= 15 is 0 Å². The Morgan fingerprint density at radius 2 is 0.845 bits per heavy atom. The zero-order chi connectivity index (χ0) is 38.8. The van der Waals surface area contributed by atoms with Crippen molar-refractivity contribution in [2.45, 2.75) is 19.3 Å². The Labute approximate surface area is 337 Å². The summed E-state index contributed by atoms with van der Waals surface area (Å²) in [4.78, 5) is 14.9. The fourth-order valence-electron chi connectivity index (χ4n) is 8.88. The van der Waals surface area contributed by atoms with Crippen LogP contribution in [0, 0.1) is 0 Å². The predicted octanol–water partition coefficient (Wildman–Crippen LogP) is 13.6. The molecule has 0 aliphatic heterocycles. The molecule has 11 rings (SSSR count). The van der Waals surface area contributed by atoms with Gasteiger partial charge in [0.15, 0.2) is 17.5 Å². The first-order valence-corrected chi connectivity index (χ1v) is 19.9. The van der Waals surface area contributed by atoms with Gasteiger partial charge < -0.3 is 4.57 Å². The third-order valence-corrected chi connectivity index (χ3v) is 11.9. The largest absolute Gasteiger partial charge is 0.309 e. The van der Waals surface area contributed by atoms with Crippen molar-refractivity contribution in [3.05, 3.63) is 205 Å². The molecule has 2 aromatic heterocycles. The highest BCUT2D eigenvalue weighted by Crippen LogP contribution is 2.51. The molecule has 0 radical (unpaired) electrons. The first-order chi connectivity index (χ1) is 28.5. The standard InChI is InChI=1S/C54H38N4/c1-54(2)47-24-13-12-23-43(47)44-33-46-45-32-40(35-15-6-3-7-16-35)27-30-49(45)58(50(46)34-48(44)54)42-28-25-36(26-29-42)39-21-14-22-41(31-39)53-56-51(37-17-8-4-9-18-37)55-52(57-53)38-19-10-5-11-20-38/h3-34H,1-2H3. The van der Waals surface area contributed by atoms with Crippen LogP contribution in [-0.4, -0.2) is 19.5 Å². The summed E-state index contributed by atoms with van der Waals surface area (Å²) >= 11 is 0. The minimum Gasteiger partial charge on any atom is -0.309 e. The van der Waals surface area contributed by atoms with Crippen molar-refractivity contribution in [1.82, 2.24) is 19.5 Å². The molecule has 274 valence electrons. The summed E-state index contributed by atoms with van der Waals surface area (Å²) in [5, 5.41) is 2.51. The van der Waals surface area contributed by atoms with Gasteiger partial charge in [-0.1, -0.05) is 166 Å². The second-order valence-electron chi connectivity index (χ2n) is 15.7. The molecule has 0 atom stereocenters. The third-order valence-electron chi connectivity index (χ3n) is 11.9. The van der Waals surface area contributed by atoms with Gasteiger partial charge in [0.2, 0.25) is 0 Å². The second kappa shape index (κ2) is 13.4. The lowest BCUT2D eigenvalue weighted by atomic mass is 9.82. The average Bonchev–Trinajstić information content (AvgIpc) is 3.73. The van der Waals surface area contributed by atoms with E-state index in [1.54, 1.807) is 0 Å². The summed E-state index contributed by atoms with van der Waals surface area (Å²) < 4.78 is 2.44. The van der Waals surface area contributed by atoms with Crippen molar-refractivity contribution in [2.75, 3.05) is 0 Å². The van der Waals surface area contributed by atoms with Crippen molar-refractivity contribution >= 4 is 21.8 Å². The monoisotopic (exact) mass is 742 g/mol.